The van der Waals surface area contributed by atoms with Crippen molar-refractivity contribution in [2.45, 2.75) is 58.0 Å². The Morgan fingerprint density at radius 3 is 2.27 bits per heavy atom. The molecule has 2 rings (SSSR count). The first-order valence-corrected chi connectivity index (χ1v) is 6.38. The molecule has 2 aliphatic rings. The summed E-state index contributed by atoms with van der Waals surface area (Å²) in [5.74, 6) is 0. The largest absolute Gasteiger partial charge is 0.308 e. The van der Waals surface area contributed by atoms with Crippen molar-refractivity contribution in [1.82, 2.24) is 10.2 Å². The number of rotatable bonds is 0. The Kier molecular flexibility index (Phi) is 2.85. The van der Waals surface area contributed by atoms with Crippen LogP contribution >= 0.6 is 0 Å². The van der Waals surface area contributed by atoms with Crippen molar-refractivity contribution in [3.8, 4) is 0 Å². The van der Waals surface area contributed by atoms with Gasteiger partial charge in [0.15, 0.2) is 0 Å². The third-order valence-corrected chi connectivity index (χ3v) is 4.31. The third-order valence-electron chi connectivity index (χ3n) is 4.31. The van der Waals surface area contributed by atoms with Crippen LogP contribution in [0, 0.1) is 5.41 Å². The Hall–Kier alpha value is -0.0800. The van der Waals surface area contributed by atoms with Crippen molar-refractivity contribution in [2.24, 2.45) is 5.41 Å². The van der Waals surface area contributed by atoms with Crippen molar-refractivity contribution in [3.63, 3.8) is 0 Å². The van der Waals surface area contributed by atoms with Gasteiger partial charge in [-0.2, -0.15) is 0 Å². The summed E-state index contributed by atoms with van der Waals surface area (Å²) in [6.07, 6.45) is 5.60. The molecule has 1 spiro atoms. The van der Waals surface area contributed by atoms with Crippen molar-refractivity contribution in [1.29, 1.82) is 0 Å². The average molecular weight is 210 g/mol. The van der Waals surface area contributed by atoms with E-state index in [1.807, 2.05) is 0 Å². The van der Waals surface area contributed by atoms with Gasteiger partial charge in [0.25, 0.3) is 0 Å². The molecule has 1 aliphatic carbocycles. The van der Waals surface area contributed by atoms with Crippen LogP contribution in [0.15, 0.2) is 0 Å². The molecule has 1 saturated carbocycles. The van der Waals surface area contributed by atoms with Gasteiger partial charge in [0.05, 0.1) is 0 Å². The maximum Gasteiger partial charge on any atom is 0.0309 e. The third kappa shape index (κ3) is 2.21. The first kappa shape index (κ1) is 11.4. The normalized spacial score (nSPS) is 32.4. The Morgan fingerprint density at radius 2 is 1.80 bits per heavy atom. The van der Waals surface area contributed by atoms with Crippen LogP contribution in [0.25, 0.3) is 0 Å². The highest BCUT2D eigenvalue weighted by Crippen LogP contribution is 2.35. The SMILES string of the molecule is CN1CC2(CCCC2)NCC1C(C)(C)C. The van der Waals surface area contributed by atoms with Gasteiger partial charge >= 0.3 is 0 Å². The standard InChI is InChI=1S/C13H26N2/c1-12(2,3)11-9-14-13(10-15(11)4)7-5-6-8-13/h11,14H,5-10H2,1-4H3. The van der Waals surface area contributed by atoms with E-state index in [0.29, 0.717) is 17.0 Å². The lowest BCUT2D eigenvalue weighted by atomic mass is 9.81. The zero-order valence-corrected chi connectivity index (χ0v) is 10.8. The molecule has 2 fully saturated rings. The van der Waals surface area contributed by atoms with Crippen LogP contribution in [0.1, 0.15) is 46.5 Å². The lowest BCUT2D eigenvalue weighted by molar-refractivity contribution is 0.0441. The maximum atomic E-state index is 3.84. The molecule has 0 radical (unpaired) electrons. The number of nitrogens with zero attached hydrogens (tertiary/aromatic N) is 1. The van der Waals surface area contributed by atoms with Crippen LogP contribution < -0.4 is 5.32 Å². The quantitative estimate of drug-likeness (QED) is 0.660. The van der Waals surface area contributed by atoms with E-state index in [9.17, 15) is 0 Å². The molecule has 1 unspecified atom stereocenters. The molecule has 1 heterocycles. The van der Waals surface area contributed by atoms with E-state index in [-0.39, 0.29) is 0 Å². The maximum absolute atomic E-state index is 3.84. The monoisotopic (exact) mass is 210 g/mol. The molecule has 2 heteroatoms. The van der Waals surface area contributed by atoms with Crippen molar-refractivity contribution in [2.75, 3.05) is 20.1 Å². The topological polar surface area (TPSA) is 15.3 Å². The Morgan fingerprint density at radius 1 is 1.20 bits per heavy atom. The van der Waals surface area contributed by atoms with Crippen LogP contribution in [0.2, 0.25) is 0 Å². The van der Waals surface area contributed by atoms with Crippen LogP contribution in [-0.2, 0) is 0 Å². The highest BCUT2D eigenvalue weighted by Gasteiger charge is 2.42. The Balaban J connectivity index is 2.02. The van der Waals surface area contributed by atoms with Gasteiger partial charge in [-0.15, -0.1) is 0 Å². The summed E-state index contributed by atoms with van der Waals surface area (Å²) in [4.78, 5) is 2.59. The molecule has 0 aromatic rings. The predicted octanol–water partition coefficient (Wildman–Crippen LogP) is 2.25. The summed E-state index contributed by atoms with van der Waals surface area (Å²) in [7, 11) is 2.30. The summed E-state index contributed by atoms with van der Waals surface area (Å²) in [5, 5.41) is 3.84. The zero-order chi connectivity index (χ0) is 11.1. The highest BCUT2D eigenvalue weighted by molar-refractivity contribution is 5.02. The number of nitrogens with one attached hydrogen (secondary N) is 1. The fourth-order valence-corrected chi connectivity index (χ4v) is 3.47. The second-order valence-electron chi connectivity index (χ2n) is 6.67. The zero-order valence-electron chi connectivity index (χ0n) is 10.8. The van der Waals surface area contributed by atoms with E-state index < -0.39 is 0 Å². The van der Waals surface area contributed by atoms with Gasteiger partial charge < -0.3 is 5.32 Å². The number of hydrogen-bond donors (Lipinski definition) is 1. The van der Waals surface area contributed by atoms with Gasteiger partial charge in [0, 0.05) is 24.7 Å². The van der Waals surface area contributed by atoms with Gasteiger partial charge in [-0.1, -0.05) is 33.6 Å². The molecule has 1 N–H and O–H groups in total. The first-order valence-electron chi connectivity index (χ1n) is 6.38. The molecular weight excluding hydrogens is 184 g/mol. The van der Waals surface area contributed by atoms with Crippen LogP contribution in [0.3, 0.4) is 0 Å². The second-order valence-corrected chi connectivity index (χ2v) is 6.67. The summed E-state index contributed by atoms with van der Waals surface area (Å²) in [5.41, 5.74) is 0.860. The molecule has 0 amide bonds. The predicted molar refractivity (Wildman–Crippen MR) is 65.1 cm³/mol. The molecule has 1 aliphatic heterocycles. The minimum absolute atomic E-state index is 0.391. The Labute approximate surface area is 94.4 Å². The molecule has 15 heavy (non-hydrogen) atoms. The van der Waals surface area contributed by atoms with E-state index in [1.54, 1.807) is 0 Å². The molecule has 2 nitrogen and oxygen atoms in total. The summed E-state index contributed by atoms with van der Waals surface area (Å²) in [6.45, 7) is 9.46. The smallest absolute Gasteiger partial charge is 0.0309 e. The highest BCUT2D eigenvalue weighted by atomic mass is 15.2. The van der Waals surface area contributed by atoms with E-state index in [2.05, 4.69) is 38.0 Å². The van der Waals surface area contributed by atoms with Crippen LogP contribution in [0.4, 0.5) is 0 Å². The van der Waals surface area contributed by atoms with E-state index >= 15 is 0 Å². The fourth-order valence-electron chi connectivity index (χ4n) is 3.47. The molecule has 0 aromatic heterocycles. The molecule has 1 saturated heterocycles. The number of likely N-dealkylation sites (N-methyl/N-ethyl adjacent to an activating group) is 1. The van der Waals surface area contributed by atoms with Gasteiger partial charge in [0.1, 0.15) is 0 Å². The lowest BCUT2D eigenvalue weighted by Crippen LogP contribution is -2.64. The molecule has 0 aromatic carbocycles. The minimum Gasteiger partial charge on any atom is -0.308 e. The van der Waals surface area contributed by atoms with Crippen molar-refractivity contribution < 1.29 is 0 Å². The summed E-state index contributed by atoms with van der Waals surface area (Å²) in [6, 6.07) is 0.684. The van der Waals surface area contributed by atoms with Gasteiger partial charge in [0.2, 0.25) is 0 Å². The minimum atomic E-state index is 0.391. The molecule has 0 bridgehead atoms. The fraction of sp³-hybridized carbons (Fsp3) is 1.00. The van der Waals surface area contributed by atoms with Crippen molar-refractivity contribution in [3.05, 3.63) is 0 Å². The first-order chi connectivity index (χ1) is 6.93. The van der Waals surface area contributed by atoms with Gasteiger partial charge in [-0.05, 0) is 25.3 Å². The van der Waals surface area contributed by atoms with Crippen molar-refractivity contribution >= 4 is 0 Å². The summed E-state index contributed by atoms with van der Waals surface area (Å²) < 4.78 is 0. The lowest BCUT2D eigenvalue weighted by Gasteiger charge is -2.49. The van der Waals surface area contributed by atoms with E-state index in [0.717, 1.165) is 0 Å². The van der Waals surface area contributed by atoms with Gasteiger partial charge in [-0.25, -0.2) is 0 Å². The molecule has 88 valence electrons. The number of piperazine rings is 1. The van der Waals surface area contributed by atoms with Crippen LogP contribution in [-0.4, -0.2) is 36.6 Å². The summed E-state index contributed by atoms with van der Waals surface area (Å²) >= 11 is 0. The molecular formula is C13H26N2. The van der Waals surface area contributed by atoms with E-state index in [1.165, 1.54) is 38.8 Å². The van der Waals surface area contributed by atoms with Gasteiger partial charge in [-0.3, -0.25) is 4.90 Å². The molecule has 1 atom stereocenters. The van der Waals surface area contributed by atoms with Crippen LogP contribution in [0.5, 0.6) is 0 Å². The van der Waals surface area contributed by atoms with E-state index in [4.69, 9.17) is 0 Å². The Bertz CT molecular complexity index is 223. The second kappa shape index (κ2) is 3.74. The average Bonchev–Trinajstić information content (AvgIpc) is 2.50. The number of hydrogen-bond acceptors (Lipinski definition) is 2.